The molecule has 0 spiro atoms. The van der Waals surface area contributed by atoms with Crippen LogP contribution >= 0.6 is 0 Å². The van der Waals surface area contributed by atoms with E-state index in [2.05, 4.69) is 15.4 Å². The van der Waals surface area contributed by atoms with Crippen LogP contribution in [0.3, 0.4) is 0 Å². The maximum atomic E-state index is 12.4. The third-order valence-corrected chi connectivity index (χ3v) is 3.99. The van der Waals surface area contributed by atoms with Crippen molar-refractivity contribution in [1.82, 2.24) is 0 Å². The van der Waals surface area contributed by atoms with Crippen LogP contribution in [0, 0.1) is 0 Å². The average Bonchev–Trinajstić information content (AvgIpc) is 2.55. The van der Waals surface area contributed by atoms with Crippen molar-refractivity contribution in [2.24, 2.45) is 0 Å². The molecule has 7 nitrogen and oxygen atoms in total. The lowest BCUT2D eigenvalue weighted by Crippen LogP contribution is -2.32. The molecule has 0 aromatic heterocycles. The summed E-state index contributed by atoms with van der Waals surface area (Å²) in [6, 6.07) is 13.4. The molecule has 1 unspecified atom stereocenters. The number of rotatable bonds is 8. The van der Waals surface area contributed by atoms with E-state index in [0.29, 0.717) is 29.4 Å². The van der Waals surface area contributed by atoms with E-state index in [1.807, 2.05) is 19.1 Å². The van der Waals surface area contributed by atoms with Crippen molar-refractivity contribution in [2.45, 2.75) is 19.9 Å². The van der Waals surface area contributed by atoms with E-state index in [1.54, 1.807) is 43.3 Å². The Morgan fingerprint density at radius 3 is 2.50 bits per heavy atom. The van der Waals surface area contributed by atoms with Gasteiger partial charge in [0.25, 0.3) is 0 Å². The molecule has 0 aliphatic rings. The van der Waals surface area contributed by atoms with Gasteiger partial charge in [-0.15, -0.1) is 0 Å². The van der Waals surface area contributed by atoms with Crippen molar-refractivity contribution in [2.75, 3.05) is 28.2 Å². The quantitative estimate of drug-likeness (QED) is 0.657. The second-order valence-corrected chi connectivity index (χ2v) is 7.49. The van der Waals surface area contributed by atoms with E-state index in [4.69, 9.17) is 4.74 Å². The van der Waals surface area contributed by atoms with Crippen LogP contribution in [-0.4, -0.2) is 33.2 Å². The molecule has 1 atom stereocenters. The van der Waals surface area contributed by atoms with Gasteiger partial charge in [-0.05, 0) is 44.2 Å². The van der Waals surface area contributed by atoms with E-state index in [1.165, 1.54) is 0 Å². The van der Waals surface area contributed by atoms with Gasteiger partial charge in [0, 0.05) is 5.69 Å². The number of sulfonamides is 1. The maximum absolute atomic E-state index is 12.4. The first-order chi connectivity index (χ1) is 12.3. The predicted molar refractivity (Wildman–Crippen MR) is 104 cm³/mol. The van der Waals surface area contributed by atoms with Gasteiger partial charge in [0.2, 0.25) is 15.9 Å². The SMILES string of the molecule is CCOc1ccccc1NC(=O)C(C)Nc1cccc(NS(C)(=O)=O)c1. The van der Waals surface area contributed by atoms with Crippen molar-refractivity contribution in [3.63, 3.8) is 0 Å². The fourth-order valence-corrected chi connectivity index (χ4v) is 2.85. The lowest BCUT2D eigenvalue weighted by Gasteiger charge is -2.17. The monoisotopic (exact) mass is 377 g/mol. The number of para-hydroxylation sites is 2. The zero-order valence-electron chi connectivity index (χ0n) is 14.9. The molecule has 140 valence electrons. The summed E-state index contributed by atoms with van der Waals surface area (Å²) in [6.45, 7) is 4.09. The van der Waals surface area contributed by atoms with Crippen molar-refractivity contribution in [3.8, 4) is 5.75 Å². The highest BCUT2D eigenvalue weighted by atomic mass is 32.2. The Morgan fingerprint density at radius 2 is 1.81 bits per heavy atom. The van der Waals surface area contributed by atoms with Crippen LogP contribution in [0.1, 0.15) is 13.8 Å². The van der Waals surface area contributed by atoms with E-state index < -0.39 is 16.1 Å². The summed E-state index contributed by atoms with van der Waals surface area (Å²) in [4.78, 5) is 12.4. The third-order valence-electron chi connectivity index (χ3n) is 3.39. The largest absolute Gasteiger partial charge is 0.492 e. The number of hydrogen-bond acceptors (Lipinski definition) is 5. The molecular weight excluding hydrogens is 354 g/mol. The molecule has 2 rings (SSSR count). The minimum Gasteiger partial charge on any atom is -0.492 e. The molecule has 0 bridgehead atoms. The summed E-state index contributed by atoms with van der Waals surface area (Å²) in [5.41, 5.74) is 1.65. The number of hydrogen-bond donors (Lipinski definition) is 3. The minimum atomic E-state index is -3.36. The Kier molecular flexibility index (Phi) is 6.46. The third kappa shape index (κ3) is 5.96. The van der Waals surface area contributed by atoms with Crippen molar-refractivity contribution in [1.29, 1.82) is 0 Å². The topological polar surface area (TPSA) is 96.5 Å². The van der Waals surface area contributed by atoms with E-state index in [9.17, 15) is 13.2 Å². The Bertz CT molecular complexity index is 868. The first-order valence-electron chi connectivity index (χ1n) is 8.15. The fraction of sp³-hybridized carbons (Fsp3) is 0.278. The lowest BCUT2D eigenvalue weighted by molar-refractivity contribution is -0.116. The van der Waals surface area contributed by atoms with Gasteiger partial charge in [-0.25, -0.2) is 8.42 Å². The van der Waals surface area contributed by atoms with Crippen LogP contribution < -0.4 is 20.1 Å². The van der Waals surface area contributed by atoms with E-state index in [0.717, 1.165) is 6.26 Å². The molecule has 1 amide bonds. The smallest absolute Gasteiger partial charge is 0.246 e. The van der Waals surface area contributed by atoms with Gasteiger partial charge in [-0.1, -0.05) is 18.2 Å². The first-order valence-corrected chi connectivity index (χ1v) is 10.0. The molecule has 0 aliphatic heterocycles. The number of ether oxygens (including phenoxy) is 1. The second-order valence-electron chi connectivity index (χ2n) is 5.74. The number of benzene rings is 2. The van der Waals surface area contributed by atoms with E-state index >= 15 is 0 Å². The Hall–Kier alpha value is -2.74. The highest BCUT2D eigenvalue weighted by molar-refractivity contribution is 7.92. The highest BCUT2D eigenvalue weighted by Gasteiger charge is 2.15. The normalized spacial score (nSPS) is 12.1. The molecule has 0 aliphatic carbocycles. The molecule has 0 fully saturated rings. The van der Waals surface area contributed by atoms with E-state index in [-0.39, 0.29) is 5.91 Å². The van der Waals surface area contributed by atoms with Gasteiger partial charge >= 0.3 is 0 Å². The molecule has 0 heterocycles. The summed E-state index contributed by atoms with van der Waals surface area (Å²) in [6.07, 6.45) is 1.08. The number of carbonyl (C=O) groups excluding carboxylic acids is 1. The predicted octanol–water partition coefficient (Wildman–Crippen LogP) is 2.90. The molecule has 26 heavy (non-hydrogen) atoms. The van der Waals surface area contributed by atoms with Crippen LogP contribution in [0.2, 0.25) is 0 Å². The van der Waals surface area contributed by atoms with Crippen LogP contribution in [0.25, 0.3) is 0 Å². The molecule has 3 N–H and O–H groups in total. The summed E-state index contributed by atoms with van der Waals surface area (Å²) < 4.78 is 30.5. The van der Waals surface area contributed by atoms with Crippen molar-refractivity contribution < 1.29 is 17.9 Å². The van der Waals surface area contributed by atoms with Crippen LogP contribution in [0.5, 0.6) is 5.75 Å². The number of carbonyl (C=O) groups is 1. The standard InChI is InChI=1S/C18H23N3O4S/c1-4-25-17-11-6-5-10-16(17)20-18(22)13(2)19-14-8-7-9-15(12-14)21-26(3,23)24/h5-13,19,21H,4H2,1-3H3,(H,20,22). The Morgan fingerprint density at radius 1 is 1.12 bits per heavy atom. The maximum Gasteiger partial charge on any atom is 0.246 e. The molecule has 8 heteroatoms. The van der Waals surface area contributed by atoms with Gasteiger partial charge in [-0.2, -0.15) is 0 Å². The first kappa shape index (κ1) is 19.6. The van der Waals surface area contributed by atoms with Gasteiger partial charge in [0.05, 0.1) is 24.2 Å². The molecular formula is C18H23N3O4S. The summed E-state index contributed by atoms with van der Waals surface area (Å²) in [7, 11) is -3.36. The molecule has 0 saturated heterocycles. The molecule has 0 saturated carbocycles. The van der Waals surface area contributed by atoms with Crippen molar-refractivity contribution >= 4 is 33.0 Å². The number of anilines is 3. The van der Waals surface area contributed by atoms with Crippen LogP contribution in [0.4, 0.5) is 17.1 Å². The summed E-state index contributed by atoms with van der Waals surface area (Å²) in [5.74, 6) is 0.369. The molecule has 0 radical (unpaired) electrons. The van der Waals surface area contributed by atoms with Gasteiger partial charge in [0.1, 0.15) is 11.8 Å². The highest BCUT2D eigenvalue weighted by Crippen LogP contribution is 2.24. The lowest BCUT2D eigenvalue weighted by atomic mass is 10.2. The van der Waals surface area contributed by atoms with Gasteiger partial charge in [0.15, 0.2) is 0 Å². The second kappa shape index (κ2) is 8.57. The zero-order chi connectivity index (χ0) is 19.2. The van der Waals surface area contributed by atoms with Crippen LogP contribution in [-0.2, 0) is 14.8 Å². The Balaban J connectivity index is 2.05. The Labute approximate surface area is 153 Å². The van der Waals surface area contributed by atoms with Crippen molar-refractivity contribution in [3.05, 3.63) is 48.5 Å². The molecule has 2 aromatic rings. The molecule has 2 aromatic carbocycles. The number of amides is 1. The summed E-state index contributed by atoms with van der Waals surface area (Å²) in [5, 5.41) is 5.88. The number of nitrogens with one attached hydrogen (secondary N) is 3. The van der Waals surface area contributed by atoms with Gasteiger partial charge < -0.3 is 15.4 Å². The fourth-order valence-electron chi connectivity index (χ4n) is 2.29. The van der Waals surface area contributed by atoms with Gasteiger partial charge in [-0.3, -0.25) is 9.52 Å². The van der Waals surface area contributed by atoms with Crippen LogP contribution in [0.15, 0.2) is 48.5 Å². The zero-order valence-corrected chi connectivity index (χ0v) is 15.8. The summed E-state index contributed by atoms with van der Waals surface area (Å²) >= 11 is 0. The minimum absolute atomic E-state index is 0.237. The average molecular weight is 377 g/mol.